The number of rotatable bonds is 8. The number of terminal acetylenes is 1. The van der Waals surface area contributed by atoms with Crippen molar-refractivity contribution >= 4 is 16.0 Å². The summed E-state index contributed by atoms with van der Waals surface area (Å²) in [5, 5.41) is 0. The molecular formula is C20H21NO5S. The molecule has 0 saturated heterocycles. The second kappa shape index (κ2) is 9.21. The summed E-state index contributed by atoms with van der Waals surface area (Å²) in [4.78, 5) is 12.1. The van der Waals surface area contributed by atoms with E-state index in [1.54, 1.807) is 0 Å². The predicted molar refractivity (Wildman–Crippen MR) is 102 cm³/mol. The molecule has 0 fully saturated rings. The Morgan fingerprint density at radius 1 is 1.11 bits per heavy atom. The van der Waals surface area contributed by atoms with Gasteiger partial charge in [-0.3, -0.25) is 0 Å². The Bertz CT molecular complexity index is 940. The highest BCUT2D eigenvalue weighted by Gasteiger charge is 2.16. The largest absolute Gasteiger partial charge is 0.489 e. The lowest BCUT2D eigenvalue weighted by atomic mass is 10.1. The van der Waals surface area contributed by atoms with Crippen LogP contribution in [0.1, 0.15) is 21.5 Å². The average molecular weight is 387 g/mol. The summed E-state index contributed by atoms with van der Waals surface area (Å²) in [6.45, 7) is 3.98. The molecule has 0 saturated carbocycles. The summed E-state index contributed by atoms with van der Waals surface area (Å²) >= 11 is 0. The van der Waals surface area contributed by atoms with Gasteiger partial charge in [-0.1, -0.05) is 30.2 Å². The second-order valence-corrected chi connectivity index (χ2v) is 7.53. The first-order valence-electron chi connectivity index (χ1n) is 8.24. The minimum Gasteiger partial charge on any atom is -0.489 e. The first kappa shape index (κ1) is 20.5. The SMILES string of the molecule is C#CCNS(=O)(=O)c1cccc(C(=O)OCCOc2c(C)cccc2C)c1. The van der Waals surface area contributed by atoms with Gasteiger partial charge in [0.05, 0.1) is 17.0 Å². The zero-order valence-corrected chi connectivity index (χ0v) is 16.0. The number of carbonyl (C=O) groups is 1. The van der Waals surface area contributed by atoms with Gasteiger partial charge in [-0.05, 0) is 43.2 Å². The van der Waals surface area contributed by atoms with Gasteiger partial charge in [0.2, 0.25) is 10.0 Å². The monoisotopic (exact) mass is 387 g/mol. The molecule has 0 aliphatic rings. The fourth-order valence-electron chi connectivity index (χ4n) is 2.40. The van der Waals surface area contributed by atoms with E-state index in [2.05, 4.69) is 10.6 Å². The standard InChI is InChI=1S/C20H21NO5S/c1-4-11-21-27(23,24)18-10-6-9-17(14-18)20(22)26-13-12-25-19-15(2)7-5-8-16(19)3/h1,5-10,14,21H,11-13H2,2-3H3. The van der Waals surface area contributed by atoms with Crippen LogP contribution < -0.4 is 9.46 Å². The van der Waals surface area contributed by atoms with Crippen molar-refractivity contribution in [2.75, 3.05) is 19.8 Å². The van der Waals surface area contributed by atoms with E-state index in [1.807, 2.05) is 32.0 Å². The molecule has 7 heteroatoms. The number of ether oxygens (including phenoxy) is 2. The molecular weight excluding hydrogens is 366 g/mol. The average Bonchev–Trinajstić information content (AvgIpc) is 2.65. The fourth-order valence-corrected chi connectivity index (χ4v) is 3.38. The fraction of sp³-hybridized carbons (Fsp3) is 0.250. The summed E-state index contributed by atoms with van der Waals surface area (Å²) in [5.74, 6) is 2.33. The molecule has 2 rings (SSSR count). The minimum atomic E-state index is -3.77. The van der Waals surface area contributed by atoms with E-state index in [4.69, 9.17) is 15.9 Å². The van der Waals surface area contributed by atoms with Crippen LogP contribution in [0.5, 0.6) is 5.75 Å². The minimum absolute atomic E-state index is 0.0406. The third-order valence-corrected chi connectivity index (χ3v) is 5.11. The van der Waals surface area contributed by atoms with E-state index in [-0.39, 0.29) is 30.2 Å². The quantitative estimate of drug-likeness (QED) is 0.427. The van der Waals surface area contributed by atoms with Crippen LogP contribution in [0.4, 0.5) is 0 Å². The maximum Gasteiger partial charge on any atom is 0.338 e. The summed E-state index contributed by atoms with van der Waals surface area (Å²) in [7, 11) is -3.77. The smallest absolute Gasteiger partial charge is 0.338 e. The van der Waals surface area contributed by atoms with E-state index >= 15 is 0 Å². The Hall–Kier alpha value is -2.82. The molecule has 0 amide bonds. The molecule has 1 N–H and O–H groups in total. The van der Waals surface area contributed by atoms with Gasteiger partial charge >= 0.3 is 5.97 Å². The van der Waals surface area contributed by atoms with Crippen LogP contribution in [-0.2, 0) is 14.8 Å². The van der Waals surface area contributed by atoms with Gasteiger partial charge in [-0.2, -0.15) is 4.72 Å². The van der Waals surface area contributed by atoms with Crippen LogP contribution in [0, 0.1) is 26.2 Å². The van der Waals surface area contributed by atoms with Crippen molar-refractivity contribution in [2.24, 2.45) is 0 Å². The van der Waals surface area contributed by atoms with Crippen LogP contribution >= 0.6 is 0 Å². The molecule has 27 heavy (non-hydrogen) atoms. The lowest BCUT2D eigenvalue weighted by Crippen LogP contribution is -2.24. The third kappa shape index (κ3) is 5.58. The normalized spacial score (nSPS) is 10.9. The van der Waals surface area contributed by atoms with Crippen molar-refractivity contribution in [3.63, 3.8) is 0 Å². The van der Waals surface area contributed by atoms with Gasteiger partial charge in [0.15, 0.2) is 0 Å². The van der Waals surface area contributed by atoms with E-state index in [9.17, 15) is 13.2 Å². The molecule has 0 aliphatic heterocycles. The van der Waals surface area contributed by atoms with Gasteiger partial charge in [0.25, 0.3) is 0 Å². The molecule has 0 aromatic heterocycles. The van der Waals surface area contributed by atoms with E-state index in [1.165, 1.54) is 24.3 Å². The predicted octanol–water partition coefficient (Wildman–Crippen LogP) is 2.45. The molecule has 2 aromatic carbocycles. The molecule has 0 atom stereocenters. The molecule has 6 nitrogen and oxygen atoms in total. The van der Waals surface area contributed by atoms with Gasteiger partial charge in [-0.25, -0.2) is 13.2 Å². The van der Waals surface area contributed by atoms with Gasteiger partial charge in [0, 0.05) is 0 Å². The summed E-state index contributed by atoms with van der Waals surface area (Å²) in [6.07, 6.45) is 5.06. The summed E-state index contributed by atoms with van der Waals surface area (Å²) in [5.41, 5.74) is 2.13. The topological polar surface area (TPSA) is 81.7 Å². The molecule has 0 heterocycles. The van der Waals surface area contributed by atoms with Crippen LogP contribution in [0.3, 0.4) is 0 Å². The highest BCUT2D eigenvalue weighted by atomic mass is 32.2. The van der Waals surface area contributed by atoms with Crippen molar-refractivity contribution in [3.05, 3.63) is 59.2 Å². The Morgan fingerprint density at radius 3 is 2.44 bits per heavy atom. The molecule has 0 bridgehead atoms. The lowest BCUT2D eigenvalue weighted by molar-refractivity contribution is 0.0449. The number of benzene rings is 2. The van der Waals surface area contributed by atoms with Gasteiger partial charge in [0.1, 0.15) is 19.0 Å². The van der Waals surface area contributed by atoms with Crippen LogP contribution in [0.2, 0.25) is 0 Å². The first-order valence-corrected chi connectivity index (χ1v) is 9.73. The molecule has 2 aromatic rings. The number of hydrogen-bond donors (Lipinski definition) is 1. The maximum absolute atomic E-state index is 12.2. The lowest BCUT2D eigenvalue weighted by Gasteiger charge is -2.12. The Kier molecular flexibility index (Phi) is 6.99. The van der Waals surface area contributed by atoms with Crippen LogP contribution in [-0.4, -0.2) is 34.1 Å². The molecule has 0 aliphatic carbocycles. The summed E-state index contributed by atoms with van der Waals surface area (Å²) in [6, 6.07) is 11.4. The van der Waals surface area contributed by atoms with E-state index in [0.717, 1.165) is 16.9 Å². The zero-order valence-electron chi connectivity index (χ0n) is 15.2. The number of esters is 1. The maximum atomic E-state index is 12.2. The van der Waals surface area contributed by atoms with E-state index in [0.29, 0.717) is 0 Å². The van der Waals surface area contributed by atoms with Gasteiger partial charge < -0.3 is 9.47 Å². The summed E-state index contributed by atoms with van der Waals surface area (Å²) < 4.78 is 37.2. The number of nitrogens with one attached hydrogen (secondary N) is 1. The number of para-hydroxylation sites is 1. The van der Waals surface area contributed by atoms with Crippen LogP contribution in [0.25, 0.3) is 0 Å². The van der Waals surface area contributed by atoms with Gasteiger partial charge in [-0.15, -0.1) is 6.42 Å². The van der Waals surface area contributed by atoms with Crippen molar-refractivity contribution in [1.29, 1.82) is 0 Å². The number of sulfonamides is 1. The molecule has 0 spiro atoms. The highest BCUT2D eigenvalue weighted by molar-refractivity contribution is 7.89. The highest BCUT2D eigenvalue weighted by Crippen LogP contribution is 2.22. The third-order valence-electron chi connectivity index (χ3n) is 3.72. The molecule has 142 valence electrons. The molecule has 0 radical (unpaired) electrons. The Morgan fingerprint density at radius 2 is 1.78 bits per heavy atom. The van der Waals surface area contributed by atoms with Crippen molar-refractivity contribution < 1.29 is 22.7 Å². The first-order chi connectivity index (χ1) is 12.8. The number of hydrogen-bond acceptors (Lipinski definition) is 5. The number of carbonyl (C=O) groups excluding carboxylic acids is 1. The zero-order chi connectivity index (χ0) is 19.9. The Labute approximate surface area is 159 Å². The van der Waals surface area contributed by atoms with Crippen LogP contribution in [0.15, 0.2) is 47.4 Å². The Balaban J connectivity index is 1.95. The molecule has 0 unspecified atom stereocenters. The van der Waals surface area contributed by atoms with Crippen molar-refractivity contribution in [2.45, 2.75) is 18.7 Å². The number of aryl methyl sites for hydroxylation is 2. The van der Waals surface area contributed by atoms with Crippen molar-refractivity contribution in [3.8, 4) is 18.1 Å². The van der Waals surface area contributed by atoms with Crippen molar-refractivity contribution in [1.82, 2.24) is 4.72 Å². The van der Waals surface area contributed by atoms with E-state index < -0.39 is 16.0 Å². The second-order valence-electron chi connectivity index (χ2n) is 5.76.